The molecule has 1 saturated heterocycles. The number of halogens is 2. The van der Waals surface area contributed by atoms with Gasteiger partial charge >= 0.3 is 0 Å². The molecule has 2 N–H and O–H groups in total. The van der Waals surface area contributed by atoms with Gasteiger partial charge in [-0.2, -0.15) is 5.26 Å². The molecule has 1 aliphatic heterocycles. The van der Waals surface area contributed by atoms with E-state index in [9.17, 15) is 15.2 Å². The number of piperidine rings is 1. The topological polar surface area (TPSA) is 89.2 Å². The fourth-order valence-electron chi connectivity index (χ4n) is 3.65. The molecule has 0 bridgehead atoms. The van der Waals surface area contributed by atoms with Crippen LogP contribution in [0.1, 0.15) is 28.8 Å². The Bertz CT molecular complexity index is 1140. The van der Waals surface area contributed by atoms with Crippen molar-refractivity contribution in [3.05, 3.63) is 77.1 Å². The minimum absolute atomic E-state index is 0. The van der Waals surface area contributed by atoms with Crippen LogP contribution in [0, 0.1) is 11.3 Å². The van der Waals surface area contributed by atoms with Crippen LogP contribution in [-0.4, -0.2) is 35.2 Å². The zero-order valence-electron chi connectivity index (χ0n) is 17.2. The van der Waals surface area contributed by atoms with Crippen molar-refractivity contribution in [1.29, 1.82) is 5.26 Å². The van der Waals surface area contributed by atoms with Gasteiger partial charge < -0.3 is 15.3 Å². The number of hydrogen-bond donors (Lipinski definition) is 2. The molecule has 6 nitrogen and oxygen atoms in total. The molecule has 1 aromatic heterocycles. The predicted molar refractivity (Wildman–Crippen MR) is 128 cm³/mol. The van der Waals surface area contributed by atoms with Crippen LogP contribution in [0.25, 0.3) is 11.1 Å². The van der Waals surface area contributed by atoms with E-state index in [1.54, 1.807) is 36.5 Å². The molecule has 0 radical (unpaired) electrons. The number of anilines is 2. The summed E-state index contributed by atoms with van der Waals surface area (Å²) >= 11 is 5.95. The second-order valence-electron chi connectivity index (χ2n) is 7.49. The third kappa shape index (κ3) is 5.38. The fraction of sp³-hybridized carbons (Fsp3) is 0.208. The molecule has 0 aliphatic carbocycles. The molecule has 0 unspecified atom stereocenters. The number of nitrogens with one attached hydrogen (secondary N) is 1. The van der Waals surface area contributed by atoms with Crippen molar-refractivity contribution in [3.8, 4) is 17.2 Å². The molecule has 8 heteroatoms. The SMILES string of the molecule is Cl.N#Cc1cc(NC(=O)c2cncc(-c3ccc(Cl)cc3)c2)ccc1N1CCC(O)CC1. The monoisotopic (exact) mass is 468 g/mol. The van der Waals surface area contributed by atoms with Crippen LogP contribution in [0.5, 0.6) is 0 Å². The van der Waals surface area contributed by atoms with Crippen molar-refractivity contribution in [3.63, 3.8) is 0 Å². The zero-order valence-corrected chi connectivity index (χ0v) is 18.7. The number of carbonyl (C=O) groups is 1. The van der Waals surface area contributed by atoms with Gasteiger partial charge in [-0.3, -0.25) is 9.78 Å². The maximum Gasteiger partial charge on any atom is 0.257 e. The quantitative estimate of drug-likeness (QED) is 0.567. The van der Waals surface area contributed by atoms with Crippen LogP contribution in [0.15, 0.2) is 60.9 Å². The number of carbonyl (C=O) groups excluding carboxylic acids is 1. The number of nitriles is 1. The molecule has 0 saturated carbocycles. The van der Waals surface area contributed by atoms with Crippen molar-refractivity contribution in [2.45, 2.75) is 18.9 Å². The van der Waals surface area contributed by atoms with Crippen LogP contribution in [-0.2, 0) is 0 Å². The van der Waals surface area contributed by atoms with E-state index in [1.165, 1.54) is 6.20 Å². The van der Waals surface area contributed by atoms with Gasteiger partial charge in [0.25, 0.3) is 5.91 Å². The summed E-state index contributed by atoms with van der Waals surface area (Å²) in [6.45, 7) is 1.40. The third-order valence-corrected chi connectivity index (χ3v) is 5.61. The van der Waals surface area contributed by atoms with Crippen LogP contribution in [0.4, 0.5) is 11.4 Å². The third-order valence-electron chi connectivity index (χ3n) is 5.36. The lowest BCUT2D eigenvalue weighted by Crippen LogP contribution is -2.36. The molecule has 164 valence electrons. The number of rotatable bonds is 4. The van der Waals surface area contributed by atoms with Crippen molar-refractivity contribution >= 4 is 41.3 Å². The summed E-state index contributed by atoms with van der Waals surface area (Å²) in [6.07, 6.45) is 4.28. The molecule has 1 aliphatic rings. The number of hydrogen-bond acceptors (Lipinski definition) is 5. The Morgan fingerprint density at radius 3 is 2.50 bits per heavy atom. The number of benzene rings is 2. The van der Waals surface area contributed by atoms with E-state index in [0.29, 0.717) is 47.8 Å². The van der Waals surface area contributed by atoms with Gasteiger partial charge in [0.05, 0.1) is 22.9 Å². The number of pyridine rings is 1. The van der Waals surface area contributed by atoms with E-state index >= 15 is 0 Å². The molecule has 1 fully saturated rings. The maximum absolute atomic E-state index is 12.8. The average Bonchev–Trinajstić information content (AvgIpc) is 2.80. The highest BCUT2D eigenvalue weighted by molar-refractivity contribution is 6.30. The first-order valence-corrected chi connectivity index (χ1v) is 10.4. The van der Waals surface area contributed by atoms with Gasteiger partial charge in [-0.05, 0) is 54.8 Å². The number of aliphatic hydroxyl groups is 1. The van der Waals surface area contributed by atoms with Crippen molar-refractivity contribution < 1.29 is 9.90 Å². The molecule has 2 aromatic carbocycles. The Morgan fingerprint density at radius 2 is 1.81 bits per heavy atom. The van der Waals surface area contributed by atoms with Gasteiger partial charge in [0, 0.05) is 41.8 Å². The van der Waals surface area contributed by atoms with E-state index in [4.69, 9.17) is 11.6 Å². The largest absolute Gasteiger partial charge is 0.393 e. The summed E-state index contributed by atoms with van der Waals surface area (Å²) in [7, 11) is 0. The minimum Gasteiger partial charge on any atom is -0.393 e. The second-order valence-corrected chi connectivity index (χ2v) is 7.92. The number of nitrogens with zero attached hydrogens (tertiary/aromatic N) is 3. The Morgan fingerprint density at radius 1 is 1.09 bits per heavy atom. The standard InChI is InChI=1S/C24H21ClN4O2.ClH/c25-20-3-1-16(2-4-20)18-11-19(15-27-14-18)24(31)28-21-5-6-23(17(12-21)13-26)29-9-7-22(30)8-10-29;/h1-6,11-12,14-15,22,30H,7-10H2,(H,28,31);1H. The lowest BCUT2D eigenvalue weighted by atomic mass is 10.0. The van der Waals surface area contributed by atoms with E-state index in [-0.39, 0.29) is 24.4 Å². The molecular weight excluding hydrogens is 447 g/mol. The summed E-state index contributed by atoms with van der Waals surface area (Å²) in [6, 6.07) is 16.6. The summed E-state index contributed by atoms with van der Waals surface area (Å²) in [5, 5.41) is 22.8. The summed E-state index contributed by atoms with van der Waals surface area (Å²) in [5.74, 6) is -0.305. The number of aromatic nitrogens is 1. The first kappa shape index (κ1) is 23.6. The first-order chi connectivity index (χ1) is 15.0. The normalized spacial score (nSPS) is 13.7. The fourth-order valence-corrected chi connectivity index (χ4v) is 3.78. The Balaban J connectivity index is 0.00000289. The van der Waals surface area contributed by atoms with Crippen molar-refractivity contribution in [1.82, 2.24) is 4.98 Å². The van der Waals surface area contributed by atoms with E-state index in [1.807, 2.05) is 18.2 Å². The Kier molecular flexibility index (Phi) is 7.70. The maximum atomic E-state index is 12.8. The predicted octanol–water partition coefficient (Wildman–Crippen LogP) is 4.91. The summed E-state index contributed by atoms with van der Waals surface area (Å²) < 4.78 is 0. The van der Waals surface area contributed by atoms with Crippen LogP contribution < -0.4 is 10.2 Å². The molecule has 0 atom stereocenters. The highest BCUT2D eigenvalue weighted by atomic mass is 35.5. The molecule has 1 amide bonds. The highest BCUT2D eigenvalue weighted by Crippen LogP contribution is 2.27. The smallest absolute Gasteiger partial charge is 0.257 e. The lowest BCUT2D eigenvalue weighted by molar-refractivity contribution is 0.102. The summed E-state index contributed by atoms with van der Waals surface area (Å²) in [5.41, 5.74) is 3.99. The molecule has 0 spiro atoms. The van der Waals surface area contributed by atoms with Crippen molar-refractivity contribution in [2.75, 3.05) is 23.3 Å². The van der Waals surface area contributed by atoms with E-state index < -0.39 is 0 Å². The molecule has 4 rings (SSSR count). The average molecular weight is 469 g/mol. The Labute approximate surface area is 197 Å². The van der Waals surface area contributed by atoms with Crippen molar-refractivity contribution in [2.24, 2.45) is 0 Å². The van der Waals surface area contributed by atoms with Crippen LogP contribution in [0.2, 0.25) is 5.02 Å². The van der Waals surface area contributed by atoms with Gasteiger partial charge in [-0.1, -0.05) is 23.7 Å². The van der Waals surface area contributed by atoms with Crippen LogP contribution in [0.3, 0.4) is 0 Å². The van der Waals surface area contributed by atoms with E-state index in [2.05, 4.69) is 21.3 Å². The highest BCUT2D eigenvalue weighted by Gasteiger charge is 2.20. The minimum atomic E-state index is -0.305. The first-order valence-electron chi connectivity index (χ1n) is 10.0. The van der Waals surface area contributed by atoms with Gasteiger partial charge in [0.15, 0.2) is 0 Å². The number of aliphatic hydroxyl groups excluding tert-OH is 1. The number of amides is 1. The zero-order chi connectivity index (χ0) is 21.8. The molecule has 32 heavy (non-hydrogen) atoms. The lowest BCUT2D eigenvalue weighted by Gasteiger charge is -2.32. The van der Waals surface area contributed by atoms with Gasteiger partial charge in [-0.15, -0.1) is 12.4 Å². The molecule has 2 heterocycles. The Hall–Kier alpha value is -3.11. The summed E-state index contributed by atoms with van der Waals surface area (Å²) in [4.78, 5) is 19.1. The second kappa shape index (κ2) is 10.5. The van der Waals surface area contributed by atoms with Gasteiger partial charge in [-0.25, -0.2) is 0 Å². The van der Waals surface area contributed by atoms with Gasteiger partial charge in [0.1, 0.15) is 6.07 Å². The molecule has 3 aromatic rings. The van der Waals surface area contributed by atoms with E-state index in [0.717, 1.165) is 16.8 Å². The van der Waals surface area contributed by atoms with Crippen LogP contribution >= 0.6 is 24.0 Å². The van der Waals surface area contributed by atoms with Gasteiger partial charge in [0.2, 0.25) is 0 Å². The molecular formula is C24H22Cl2N4O2.